The van der Waals surface area contributed by atoms with Gasteiger partial charge in [-0.25, -0.2) is 4.98 Å². The lowest BCUT2D eigenvalue weighted by molar-refractivity contribution is -0.276. The first-order valence-corrected chi connectivity index (χ1v) is 5.01. The second-order valence-electron chi connectivity index (χ2n) is 3.42. The molecule has 106 valence electrons. The molecule has 0 atom stereocenters. The minimum atomic E-state index is -5.00. The number of halogens is 3. The summed E-state index contributed by atoms with van der Waals surface area (Å²) in [5, 5.41) is 9.34. The first-order chi connectivity index (χ1) is 8.76. The fraction of sp³-hybridized carbons (Fsp3) is 0.400. The van der Waals surface area contributed by atoms with Gasteiger partial charge in [-0.2, -0.15) is 0 Å². The number of ether oxygens (including phenoxy) is 2. The molecule has 0 saturated carbocycles. The molecule has 1 aromatic rings. The number of rotatable bonds is 4. The molecule has 9 heteroatoms. The highest BCUT2D eigenvalue weighted by atomic mass is 19.4. The Labute approximate surface area is 105 Å². The van der Waals surface area contributed by atoms with Gasteiger partial charge < -0.3 is 20.3 Å². The Morgan fingerprint density at radius 1 is 1.53 bits per heavy atom. The highest BCUT2D eigenvalue weighted by Gasteiger charge is 2.33. The summed E-state index contributed by atoms with van der Waals surface area (Å²) in [6.07, 6.45) is -5.38. The number of carbonyl (C=O) groups is 1. The summed E-state index contributed by atoms with van der Waals surface area (Å²) in [5.41, 5.74) is 5.52. The molecular weight excluding hydrogens is 269 g/mol. The third-order valence-corrected chi connectivity index (χ3v) is 2.11. The number of aromatic hydroxyl groups is 1. The first-order valence-electron chi connectivity index (χ1n) is 5.01. The van der Waals surface area contributed by atoms with Gasteiger partial charge in [0.15, 0.2) is 5.75 Å². The van der Waals surface area contributed by atoms with E-state index in [-0.39, 0.29) is 24.2 Å². The van der Waals surface area contributed by atoms with Crippen molar-refractivity contribution in [2.45, 2.75) is 19.3 Å². The number of nitrogens with two attached hydrogens (primary N) is 1. The van der Waals surface area contributed by atoms with Gasteiger partial charge in [0.25, 0.3) is 5.88 Å². The number of pyridine rings is 1. The van der Waals surface area contributed by atoms with Crippen molar-refractivity contribution in [3.63, 3.8) is 0 Å². The molecule has 1 heterocycles. The molecule has 0 aliphatic heterocycles. The summed E-state index contributed by atoms with van der Waals surface area (Å²) in [6.45, 7) is -0.112. The molecule has 0 aromatic carbocycles. The van der Waals surface area contributed by atoms with E-state index in [0.717, 1.165) is 13.2 Å². The third-order valence-electron chi connectivity index (χ3n) is 2.11. The van der Waals surface area contributed by atoms with E-state index in [4.69, 9.17) is 5.73 Å². The summed E-state index contributed by atoms with van der Waals surface area (Å²) >= 11 is 0. The van der Waals surface area contributed by atoms with E-state index >= 15 is 0 Å². The van der Waals surface area contributed by atoms with Crippen molar-refractivity contribution in [2.75, 3.05) is 7.11 Å². The minimum Gasteiger partial charge on any atom is -0.503 e. The smallest absolute Gasteiger partial charge is 0.503 e. The molecule has 0 unspecified atom stereocenters. The number of hydrogen-bond acceptors (Lipinski definition) is 6. The van der Waals surface area contributed by atoms with E-state index in [1.807, 2.05) is 0 Å². The van der Waals surface area contributed by atoms with Crippen LogP contribution in [0.15, 0.2) is 6.07 Å². The van der Waals surface area contributed by atoms with Gasteiger partial charge in [0.2, 0.25) is 0 Å². The number of alkyl halides is 3. The Balaban J connectivity index is 3.14. The zero-order valence-corrected chi connectivity index (χ0v) is 9.82. The second-order valence-corrected chi connectivity index (χ2v) is 3.42. The van der Waals surface area contributed by atoms with E-state index in [9.17, 15) is 23.1 Å². The maximum absolute atomic E-state index is 12.1. The fourth-order valence-corrected chi connectivity index (χ4v) is 1.29. The topological polar surface area (TPSA) is 94.7 Å². The third kappa shape index (κ3) is 4.28. The van der Waals surface area contributed by atoms with Crippen molar-refractivity contribution >= 4 is 5.97 Å². The number of carbonyl (C=O) groups excluding carboxylic acids is 1. The van der Waals surface area contributed by atoms with Gasteiger partial charge in [0.05, 0.1) is 19.2 Å². The molecule has 0 fully saturated rings. The molecule has 0 aliphatic rings. The molecule has 0 radical (unpaired) electrons. The summed E-state index contributed by atoms with van der Waals surface area (Å²) in [7, 11) is 1.12. The van der Waals surface area contributed by atoms with Crippen LogP contribution in [0.1, 0.15) is 11.3 Å². The molecule has 0 saturated heterocycles. The van der Waals surface area contributed by atoms with Crippen molar-refractivity contribution in [3.05, 3.63) is 17.3 Å². The van der Waals surface area contributed by atoms with Crippen LogP contribution in [0.4, 0.5) is 13.2 Å². The van der Waals surface area contributed by atoms with Crippen LogP contribution < -0.4 is 10.5 Å². The van der Waals surface area contributed by atoms with Crippen LogP contribution in [-0.4, -0.2) is 29.5 Å². The summed E-state index contributed by atoms with van der Waals surface area (Å²) in [6, 6.07) is 0.965. The van der Waals surface area contributed by atoms with Gasteiger partial charge in [-0.3, -0.25) is 4.79 Å². The monoisotopic (exact) mass is 280 g/mol. The van der Waals surface area contributed by atoms with Crippen LogP contribution in [0.5, 0.6) is 11.6 Å². The number of esters is 1. The lowest BCUT2D eigenvalue weighted by atomic mass is 10.1. The highest BCUT2D eigenvalue weighted by molar-refractivity contribution is 5.72. The van der Waals surface area contributed by atoms with Crippen molar-refractivity contribution in [2.24, 2.45) is 5.73 Å². The van der Waals surface area contributed by atoms with Gasteiger partial charge in [-0.1, -0.05) is 0 Å². The van der Waals surface area contributed by atoms with Crippen molar-refractivity contribution in [3.8, 4) is 11.6 Å². The Bertz CT molecular complexity index is 477. The lowest BCUT2D eigenvalue weighted by Gasteiger charge is -2.13. The van der Waals surface area contributed by atoms with E-state index < -0.39 is 24.0 Å². The Kier molecular flexibility index (Phi) is 4.54. The van der Waals surface area contributed by atoms with Crippen LogP contribution in [-0.2, 0) is 22.5 Å². The molecule has 0 aliphatic carbocycles. The summed E-state index contributed by atoms with van der Waals surface area (Å²) < 4.78 is 44.1. The number of methoxy groups -OCH3 is 1. The Morgan fingerprint density at radius 3 is 2.63 bits per heavy atom. The molecule has 6 nitrogen and oxygen atoms in total. The van der Waals surface area contributed by atoms with Crippen LogP contribution in [0.2, 0.25) is 0 Å². The van der Waals surface area contributed by atoms with Crippen LogP contribution >= 0.6 is 0 Å². The molecule has 3 N–H and O–H groups in total. The SMILES string of the molecule is COC(=O)Cc1nc(OC(F)(F)F)c(O)cc1CN. The zero-order valence-electron chi connectivity index (χ0n) is 9.82. The fourth-order valence-electron chi connectivity index (χ4n) is 1.29. The molecule has 0 amide bonds. The first kappa shape index (κ1) is 15.0. The average Bonchev–Trinajstić information content (AvgIpc) is 2.31. The van der Waals surface area contributed by atoms with Gasteiger partial charge >= 0.3 is 12.3 Å². The van der Waals surface area contributed by atoms with E-state index in [2.05, 4.69) is 14.5 Å². The molecule has 0 spiro atoms. The van der Waals surface area contributed by atoms with Gasteiger partial charge in [0.1, 0.15) is 0 Å². The predicted octanol–water partition coefficient (Wildman–Crippen LogP) is 0.860. The summed E-state index contributed by atoms with van der Waals surface area (Å²) in [5.74, 6) is -2.55. The standard InChI is InChI=1S/C10H11F3N2O4/c1-18-8(17)3-6-5(4-14)2-7(16)9(15-6)19-10(11,12)13/h2,16H,3-4,14H2,1H3. The average molecular weight is 280 g/mol. The molecule has 19 heavy (non-hydrogen) atoms. The van der Waals surface area contributed by atoms with Crippen molar-refractivity contribution < 1.29 is 32.5 Å². The molecule has 1 aromatic heterocycles. The second kappa shape index (κ2) is 5.74. The Hall–Kier alpha value is -2.03. The van der Waals surface area contributed by atoms with E-state index in [0.29, 0.717) is 0 Å². The Morgan fingerprint density at radius 2 is 2.16 bits per heavy atom. The van der Waals surface area contributed by atoms with Crippen LogP contribution in [0.3, 0.4) is 0 Å². The maximum atomic E-state index is 12.1. The largest absolute Gasteiger partial charge is 0.574 e. The van der Waals surface area contributed by atoms with Gasteiger partial charge in [-0.05, 0) is 11.6 Å². The maximum Gasteiger partial charge on any atom is 0.574 e. The number of hydrogen-bond donors (Lipinski definition) is 2. The number of aromatic nitrogens is 1. The van der Waals surface area contributed by atoms with Crippen molar-refractivity contribution in [1.82, 2.24) is 4.98 Å². The van der Waals surface area contributed by atoms with Crippen LogP contribution in [0, 0.1) is 0 Å². The van der Waals surface area contributed by atoms with Gasteiger partial charge in [0, 0.05) is 6.54 Å². The van der Waals surface area contributed by atoms with E-state index in [1.54, 1.807) is 0 Å². The lowest BCUT2D eigenvalue weighted by Crippen LogP contribution is -2.19. The highest BCUT2D eigenvalue weighted by Crippen LogP contribution is 2.31. The molecule has 1 rings (SSSR count). The zero-order chi connectivity index (χ0) is 14.6. The summed E-state index contributed by atoms with van der Waals surface area (Å²) in [4.78, 5) is 14.5. The molecular formula is C10H11F3N2O4. The minimum absolute atomic E-state index is 0.0496. The van der Waals surface area contributed by atoms with Crippen molar-refractivity contribution in [1.29, 1.82) is 0 Å². The number of nitrogens with zero attached hydrogens (tertiary/aromatic N) is 1. The van der Waals surface area contributed by atoms with Gasteiger partial charge in [-0.15, -0.1) is 13.2 Å². The van der Waals surface area contributed by atoms with E-state index in [1.165, 1.54) is 0 Å². The molecule has 0 bridgehead atoms. The predicted molar refractivity (Wildman–Crippen MR) is 56.2 cm³/mol. The van der Waals surface area contributed by atoms with Crippen LogP contribution in [0.25, 0.3) is 0 Å². The normalized spacial score (nSPS) is 11.2. The quantitative estimate of drug-likeness (QED) is 0.794.